The van der Waals surface area contributed by atoms with Gasteiger partial charge in [0.15, 0.2) is 6.04 Å². The third-order valence-corrected chi connectivity index (χ3v) is 7.47. The molecule has 0 radical (unpaired) electrons. The Labute approximate surface area is 205 Å². The summed E-state index contributed by atoms with van der Waals surface area (Å²) >= 11 is 0. The van der Waals surface area contributed by atoms with Crippen LogP contribution in [-0.4, -0.2) is 50.9 Å². The Morgan fingerprint density at radius 1 is 1.06 bits per heavy atom. The van der Waals surface area contributed by atoms with Gasteiger partial charge in [0.05, 0.1) is 0 Å². The van der Waals surface area contributed by atoms with Crippen LogP contribution in [0.5, 0.6) is 0 Å². The number of aromatic amines is 1. The van der Waals surface area contributed by atoms with E-state index >= 15 is 0 Å². The van der Waals surface area contributed by atoms with Gasteiger partial charge < -0.3 is 10.4 Å². The molecular weight excluding hydrogens is 608 g/mol. The monoisotopic (exact) mass is 636 g/mol. The Hall–Kier alpha value is -2.31. The van der Waals surface area contributed by atoms with Gasteiger partial charge in [0.2, 0.25) is 0 Å². The summed E-state index contributed by atoms with van der Waals surface area (Å²) in [6.45, 7) is 6.87. The van der Waals surface area contributed by atoms with Crippen molar-refractivity contribution in [1.82, 2.24) is 20.7 Å². The van der Waals surface area contributed by atoms with Crippen molar-refractivity contribution in [2.75, 3.05) is 18.5 Å². The molecule has 1 heterocycles. The minimum absolute atomic E-state index is 0. The normalized spacial score (nSPS) is 11.0. The van der Waals surface area contributed by atoms with Crippen LogP contribution >= 0.6 is 7.92 Å². The first-order valence-corrected chi connectivity index (χ1v) is 12.1. The Morgan fingerprint density at radius 2 is 1.72 bits per heavy atom. The number of amides is 1. The van der Waals surface area contributed by atoms with Crippen molar-refractivity contribution >= 4 is 19.8 Å². The molecule has 9 heteroatoms. The smallest absolute Gasteiger partial charge is 0.479 e. The molecule has 0 bridgehead atoms. The summed E-state index contributed by atoms with van der Waals surface area (Å²) in [7, 11) is 0.446. The number of rotatable bonds is 8. The topological polar surface area (TPSA) is 108 Å². The van der Waals surface area contributed by atoms with Crippen molar-refractivity contribution in [3.8, 4) is 11.3 Å². The molecule has 0 saturated heterocycles. The fourth-order valence-electron chi connectivity index (χ4n) is 2.94. The molecule has 1 aromatic heterocycles. The number of carbonyl (C=O) groups excluding carboxylic acids is 1. The maximum atomic E-state index is 12.4. The predicted octanol–water partition coefficient (Wildman–Crippen LogP) is 4.35. The number of aliphatic carboxylic acids is 1. The number of benzene rings is 2. The molecule has 0 aliphatic carbocycles. The first kappa shape index (κ1) is 27.7. The number of hydrogen-bond donors (Lipinski definition) is 3. The fourth-order valence-corrected chi connectivity index (χ4v) is 4.28. The molecule has 174 valence electrons. The second kappa shape index (κ2) is 14.7. The van der Waals surface area contributed by atoms with Gasteiger partial charge in [0.25, 0.3) is 5.91 Å². The van der Waals surface area contributed by atoms with Crippen LogP contribution in [-0.2, 0) is 27.2 Å². The Kier molecular flexibility index (Phi) is 12.7. The van der Waals surface area contributed by atoms with E-state index in [9.17, 15) is 14.7 Å². The van der Waals surface area contributed by atoms with Gasteiger partial charge in [-0.3, -0.25) is 9.89 Å². The van der Waals surface area contributed by atoms with Gasteiger partial charge in [-0.15, -0.1) is 25.6 Å². The molecule has 3 N–H and O–H groups in total. The molecule has 3 rings (SSSR count). The predicted molar refractivity (Wildman–Crippen MR) is 123 cm³/mol. The van der Waals surface area contributed by atoms with Gasteiger partial charge in [-0.2, -0.15) is 0 Å². The molecule has 32 heavy (non-hydrogen) atoms. The maximum absolute atomic E-state index is 12.4. The summed E-state index contributed by atoms with van der Waals surface area (Å²) in [6, 6.07) is 14.1. The third-order valence-electron chi connectivity index (χ3n) is 4.78. The standard InChI is InChI=1S/C17H13N4O3.C6H15P.Au/c22-16(19-15(17(23)24)11-5-2-1-3-6-11)13-8-4-7-12(9-13)14-10-18-21-20-14;1-4-7(5-2)6-3;/h1-9,15H,(H,19,22)(H,23,24)(H,18,20,21);4-6H2,1-3H3;/q-1;;+1/t15-;;/m1../s1. The molecule has 0 fully saturated rings. The Balaban J connectivity index is 0.000000558. The van der Waals surface area contributed by atoms with Crippen LogP contribution in [0.2, 0.25) is 0 Å². The van der Waals surface area contributed by atoms with Crippen LogP contribution in [0.15, 0.2) is 54.6 Å². The van der Waals surface area contributed by atoms with Crippen LogP contribution in [0.25, 0.3) is 11.3 Å². The number of H-pyrrole nitrogens is 1. The summed E-state index contributed by atoms with van der Waals surface area (Å²) in [5, 5.41) is 21.7. The van der Waals surface area contributed by atoms with Crippen molar-refractivity contribution in [2.45, 2.75) is 26.8 Å². The third kappa shape index (κ3) is 8.32. The second-order valence-electron chi connectivity index (χ2n) is 6.65. The number of hydrogen-bond acceptors (Lipinski definition) is 4. The molecule has 0 spiro atoms. The summed E-state index contributed by atoms with van der Waals surface area (Å²) in [5.41, 5.74) is 2.06. The average Bonchev–Trinajstić information content (AvgIpc) is 3.34. The van der Waals surface area contributed by atoms with Gasteiger partial charge in [-0.1, -0.05) is 80.3 Å². The van der Waals surface area contributed by atoms with Crippen LogP contribution < -0.4 is 5.32 Å². The molecule has 3 aromatic rings. The van der Waals surface area contributed by atoms with E-state index in [0.29, 0.717) is 30.3 Å². The van der Waals surface area contributed by atoms with Crippen molar-refractivity contribution in [3.05, 3.63) is 71.9 Å². The van der Waals surface area contributed by atoms with Crippen molar-refractivity contribution in [3.63, 3.8) is 0 Å². The molecule has 7 nitrogen and oxygen atoms in total. The van der Waals surface area contributed by atoms with Crippen molar-refractivity contribution < 1.29 is 37.1 Å². The number of carboxylic acid groups (broad SMARTS) is 1. The van der Waals surface area contributed by atoms with E-state index in [2.05, 4.69) is 47.7 Å². The minimum Gasteiger partial charge on any atom is -0.479 e. The number of nitrogens with zero attached hydrogens (tertiary/aromatic N) is 2. The van der Waals surface area contributed by atoms with E-state index in [4.69, 9.17) is 0 Å². The van der Waals surface area contributed by atoms with E-state index in [1.807, 2.05) is 0 Å². The molecular formula is C23H28AuN4O3P. The molecule has 0 saturated carbocycles. The quantitative estimate of drug-likeness (QED) is 0.194. The summed E-state index contributed by atoms with van der Waals surface area (Å²) in [6.07, 6.45) is 6.92. The SMILES string of the molecule is CCP(CC)CC.O=C(N[C@@H](C(=O)O)c1ccccc1)c1cccc(-c2[c-]nn[nH]2)c1.[Au+]. The molecule has 0 aliphatic heterocycles. The second-order valence-corrected chi connectivity index (χ2v) is 9.89. The summed E-state index contributed by atoms with van der Waals surface area (Å²) in [5.74, 6) is -1.61. The Morgan fingerprint density at radius 3 is 2.22 bits per heavy atom. The molecule has 1 atom stereocenters. The average molecular weight is 636 g/mol. The summed E-state index contributed by atoms with van der Waals surface area (Å²) < 4.78 is 0. The first-order valence-electron chi connectivity index (χ1n) is 10.2. The van der Waals surface area contributed by atoms with Crippen LogP contribution in [0.1, 0.15) is 42.7 Å². The zero-order valence-electron chi connectivity index (χ0n) is 18.3. The van der Waals surface area contributed by atoms with Crippen LogP contribution in [0, 0.1) is 6.20 Å². The maximum Gasteiger partial charge on any atom is 1.00 e. The van der Waals surface area contributed by atoms with E-state index < -0.39 is 17.9 Å². The van der Waals surface area contributed by atoms with Gasteiger partial charge in [-0.25, -0.2) is 9.89 Å². The zero-order valence-corrected chi connectivity index (χ0v) is 21.4. The molecule has 0 unspecified atom stereocenters. The van der Waals surface area contributed by atoms with E-state index in [1.165, 1.54) is 18.5 Å². The van der Waals surface area contributed by atoms with Gasteiger partial charge in [0, 0.05) is 5.56 Å². The number of carboxylic acids is 1. The number of nitrogens with one attached hydrogen (secondary N) is 2. The van der Waals surface area contributed by atoms with E-state index in [-0.39, 0.29) is 22.4 Å². The minimum atomic E-state index is -1.13. The first-order chi connectivity index (χ1) is 15.0. The van der Waals surface area contributed by atoms with Gasteiger partial charge in [-0.05, 0) is 24.0 Å². The molecule has 2 aromatic carbocycles. The zero-order chi connectivity index (χ0) is 22.6. The van der Waals surface area contributed by atoms with E-state index in [1.54, 1.807) is 54.6 Å². The Bertz CT molecular complexity index is 945. The van der Waals surface area contributed by atoms with Crippen molar-refractivity contribution in [1.29, 1.82) is 0 Å². The number of carbonyl (C=O) groups is 2. The van der Waals surface area contributed by atoms with Crippen LogP contribution in [0.3, 0.4) is 0 Å². The van der Waals surface area contributed by atoms with E-state index in [0.717, 1.165) is 0 Å². The largest absolute Gasteiger partial charge is 1.00 e. The fraction of sp³-hybridized carbons (Fsp3) is 0.304. The molecule has 1 amide bonds. The van der Waals surface area contributed by atoms with Gasteiger partial charge in [0.1, 0.15) is 0 Å². The van der Waals surface area contributed by atoms with Crippen molar-refractivity contribution in [2.24, 2.45) is 0 Å². The van der Waals surface area contributed by atoms with Crippen LogP contribution in [0.4, 0.5) is 0 Å². The molecule has 0 aliphatic rings. The van der Waals surface area contributed by atoms with Gasteiger partial charge >= 0.3 is 28.3 Å². The number of aromatic nitrogens is 3. The summed E-state index contributed by atoms with van der Waals surface area (Å²) in [4.78, 5) is 23.9.